The van der Waals surface area contributed by atoms with Gasteiger partial charge in [-0.3, -0.25) is 4.98 Å². The Kier molecular flexibility index (Phi) is 4.63. The molecule has 1 saturated heterocycles. The van der Waals surface area contributed by atoms with Gasteiger partial charge in [0.15, 0.2) is 5.82 Å². The van der Waals surface area contributed by atoms with Crippen LogP contribution in [-0.2, 0) is 6.42 Å². The molecule has 2 aromatic rings. The van der Waals surface area contributed by atoms with E-state index < -0.39 is 0 Å². The highest BCUT2D eigenvalue weighted by Crippen LogP contribution is 2.24. The van der Waals surface area contributed by atoms with Gasteiger partial charge in [-0.05, 0) is 51.4 Å². The minimum absolute atomic E-state index is 0.489. The summed E-state index contributed by atoms with van der Waals surface area (Å²) in [6, 6.07) is 4.41. The zero-order valence-corrected chi connectivity index (χ0v) is 13.3. The van der Waals surface area contributed by atoms with Crippen molar-refractivity contribution in [3.8, 4) is 11.4 Å². The SMILES string of the molecule is CCc1c(C)nc(-c2cccnc2)nc1NC1CCNCC1. The van der Waals surface area contributed by atoms with Crippen LogP contribution in [-0.4, -0.2) is 34.1 Å². The van der Waals surface area contributed by atoms with Gasteiger partial charge in [0.05, 0.1) is 0 Å². The molecular formula is C17H23N5. The van der Waals surface area contributed by atoms with Crippen molar-refractivity contribution in [2.75, 3.05) is 18.4 Å². The number of rotatable bonds is 4. The predicted octanol–water partition coefficient (Wildman–Crippen LogP) is 2.57. The Labute approximate surface area is 131 Å². The van der Waals surface area contributed by atoms with Crippen molar-refractivity contribution in [2.45, 2.75) is 39.2 Å². The van der Waals surface area contributed by atoms with Crippen LogP contribution in [0.15, 0.2) is 24.5 Å². The maximum atomic E-state index is 4.79. The van der Waals surface area contributed by atoms with Crippen LogP contribution in [0.25, 0.3) is 11.4 Å². The fourth-order valence-corrected chi connectivity index (χ4v) is 2.92. The number of hydrogen-bond acceptors (Lipinski definition) is 5. The molecular weight excluding hydrogens is 274 g/mol. The number of aryl methyl sites for hydroxylation is 1. The molecule has 0 saturated carbocycles. The Hall–Kier alpha value is -2.01. The van der Waals surface area contributed by atoms with E-state index in [-0.39, 0.29) is 0 Å². The van der Waals surface area contributed by atoms with Crippen molar-refractivity contribution in [2.24, 2.45) is 0 Å². The normalized spacial score (nSPS) is 15.7. The molecule has 2 N–H and O–H groups in total. The lowest BCUT2D eigenvalue weighted by atomic mass is 10.1. The summed E-state index contributed by atoms with van der Waals surface area (Å²) in [7, 11) is 0. The van der Waals surface area contributed by atoms with Crippen LogP contribution in [0.3, 0.4) is 0 Å². The van der Waals surface area contributed by atoms with Crippen LogP contribution in [0.4, 0.5) is 5.82 Å². The van der Waals surface area contributed by atoms with Gasteiger partial charge in [0.1, 0.15) is 5.82 Å². The average Bonchev–Trinajstić information content (AvgIpc) is 2.56. The Morgan fingerprint density at radius 1 is 1.27 bits per heavy atom. The molecule has 0 atom stereocenters. The Morgan fingerprint density at radius 3 is 2.77 bits per heavy atom. The number of nitrogens with zero attached hydrogens (tertiary/aromatic N) is 3. The van der Waals surface area contributed by atoms with Crippen LogP contribution >= 0.6 is 0 Å². The molecule has 22 heavy (non-hydrogen) atoms. The summed E-state index contributed by atoms with van der Waals surface area (Å²) >= 11 is 0. The van der Waals surface area contributed by atoms with Gasteiger partial charge in [-0.15, -0.1) is 0 Å². The van der Waals surface area contributed by atoms with E-state index in [9.17, 15) is 0 Å². The summed E-state index contributed by atoms with van der Waals surface area (Å²) in [6.45, 7) is 6.36. The van der Waals surface area contributed by atoms with Crippen LogP contribution in [0.2, 0.25) is 0 Å². The largest absolute Gasteiger partial charge is 0.367 e. The van der Waals surface area contributed by atoms with Gasteiger partial charge in [0.2, 0.25) is 0 Å². The van der Waals surface area contributed by atoms with E-state index in [1.807, 2.05) is 18.3 Å². The van der Waals surface area contributed by atoms with Gasteiger partial charge >= 0.3 is 0 Å². The second-order valence-corrected chi connectivity index (χ2v) is 5.72. The van der Waals surface area contributed by atoms with Gasteiger partial charge in [-0.1, -0.05) is 6.92 Å². The Balaban J connectivity index is 1.94. The van der Waals surface area contributed by atoms with Crippen molar-refractivity contribution in [1.29, 1.82) is 0 Å². The molecule has 0 aromatic carbocycles. The lowest BCUT2D eigenvalue weighted by Gasteiger charge is -2.25. The third-order valence-corrected chi connectivity index (χ3v) is 4.17. The first-order valence-electron chi connectivity index (χ1n) is 8.03. The van der Waals surface area contributed by atoms with E-state index in [1.165, 1.54) is 5.56 Å². The summed E-state index contributed by atoms with van der Waals surface area (Å²) in [5.41, 5.74) is 3.22. The maximum absolute atomic E-state index is 4.79. The number of anilines is 1. The minimum Gasteiger partial charge on any atom is -0.367 e. The highest BCUT2D eigenvalue weighted by molar-refractivity contribution is 5.59. The van der Waals surface area contributed by atoms with Crippen LogP contribution in [0, 0.1) is 6.92 Å². The summed E-state index contributed by atoms with van der Waals surface area (Å²) in [6.07, 6.45) is 6.79. The Morgan fingerprint density at radius 2 is 2.09 bits per heavy atom. The molecule has 1 aliphatic rings. The zero-order chi connectivity index (χ0) is 15.4. The number of nitrogens with one attached hydrogen (secondary N) is 2. The highest BCUT2D eigenvalue weighted by atomic mass is 15.1. The molecule has 0 amide bonds. The first-order chi connectivity index (χ1) is 10.8. The van der Waals surface area contributed by atoms with Gasteiger partial charge in [-0.2, -0.15) is 0 Å². The van der Waals surface area contributed by atoms with E-state index in [0.29, 0.717) is 6.04 Å². The Bertz CT molecular complexity index is 620. The smallest absolute Gasteiger partial charge is 0.163 e. The van der Waals surface area contributed by atoms with Crippen molar-refractivity contribution in [3.05, 3.63) is 35.8 Å². The third kappa shape index (κ3) is 3.25. The molecule has 2 aromatic heterocycles. The fourth-order valence-electron chi connectivity index (χ4n) is 2.92. The summed E-state index contributed by atoms with van der Waals surface area (Å²) in [5.74, 6) is 1.74. The first-order valence-corrected chi connectivity index (χ1v) is 8.03. The van der Waals surface area contributed by atoms with E-state index >= 15 is 0 Å². The number of hydrogen-bond donors (Lipinski definition) is 2. The maximum Gasteiger partial charge on any atom is 0.163 e. The fraction of sp³-hybridized carbons (Fsp3) is 0.471. The van der Waals surface area contributed by atoms with Crippen LogP contribution in [0.5, 0.6) is 0 Å². The van der Waals surface area contributed by atoms with Crippen LogP contribution in [0.1, 0.15) is 31.0 Å². The van der Waals surface area contributed by atoms with Crippen molar-refractivity contribution >= 4 is 5.82 Å². The van der Waals surface area contributed by atoms with Gasteiger partial charge in [0, 0.05) is 35.3 Å². The number of aromatic nitrogens is 3. The molecule has 0 aliphatic carbocycles. The second kappa shape index (κ2) is 6.83. The molecule has 0 spiro atoms. The van der Waals surface area contributed by atoms with Crippen molar-refractivity contribution < 1.29 is 0 Å². The van der Waals surface area contributed by atoms with E-state index in [1.54, 1.807) is 6.20 Å². The number of piperidine rings is 1. The lowest BCUT2D eigenvalue weighted by Crippen LogP contribution is -2.35. The monoisotopic (exact) mass is 297 g/mol. The quantitative estimate of drug-likeness (QED) is 0.908. The average molecular weight is 297 g/mol. The molecule has 0 radical (unpaired) electrons. The molecule has 1 aliphatic heterocycles. The minimum atomic E-state index is 0.489. The topological polar surface area (TPSA) is 62.7 Å². The number of pyridine rings is 1. The summed E-state index contributed by atoms with van der Waals surface area (Å²) in [4.78, 5) is 13.6. The van der Waals surface area contributed by atoms with E-state index in [2.05, 4.69) is 34.4 Å². The molecule has 3 heterocycles. The lowest BCUT2D eigenvalue weighted by molar-refractivity contribution is 0.478. The van der Waals surface area contributed by atoms with Gasteiger partial charge < -0.3 is 10.6 Å². The first kappa shape index (κ1) is 14.9. The molecule has 5 heteroatoms. The summed E-state index contributed by atoms with van der Waals surface area (Å²) < 4.78 is 0. The standard InChI is InChI=1S/C17H23N5/c1-3-15-12(2)20-16(13-5-4-8-19-11-13)22-17(15)21-14-6-9-18-10-7-14/h4-5,8,11,14,18H,3,6-7,9-10H2,1-2H3,(H,20,21,22). The van der Waals surface area contributed by atoms with Gasteiger partial charge in [0.25, 0.3) is 0 Å². The van der Waals surface area contributed by atoms with Gasteiger partial charge in [-0.25, -0.2) is 9.97 Å². The molecule has 0 bridgehead atoms. The van der Waals surface area contributed by atoms with Crippen molar-refractivity contribution in [3.63, 3.8) is 0 Å². The zero-order valence-electron chi connectivity index (χ0n) is 13.3. The third-order valence-electron chi connectivity index (χ3n) is 4.17. The molecule has 116 valence electrons. The molecule has 3 rings (SSSR count). The predicted molar refractivity (Wildman–Crippen MR) is 88.9 cm³/mol. The second-order valence-electron chi connectivity index (χ2n) is 5.72. The molecule has 0 unspecified atom stereocenters. The molecule has 5 nitrogen and oxygen atoms in total. The van der Waals surface area contributed by atoms with E-state index in [4.69, 9.17) is 4.98 Å². The highest BCUT2D eigenvalue weighted by Gasteiger charge is 2.17. The summed E-state index contributed by atoms with van der Waals surface area (Å²) in [5, 5.41) is 7.04. The van der Waals surface area contributed by atoms with E-state index in [0.717, 1.165) is 55.3 Å². The molecule has 1 fully saturated rings. The van der Waals surface area contributed by atoms with Crippen LogP contribution < -0.4 is 10.6 Å². The van der Waals surface area contributed by atoms with Crippen molar-refractivity contribution in [1.82, 2.24) is 20.3 Å².